The van der Waals surface area contributed by atoms with E-state index in [9.17, 15) is 0 Å². The van der Waals surface area contributed by atoms with E-state index in [0.717, 1.165) is 0 Å². The lowest BCUT2D eigenvalue weighted by atomic mass is 9.93. The van der Waals surface area contributed by atoms with Crippen LogP contribution >= 0.6 is 0 Å². The van der Waals surface area contributed by atoms with E-state index < -0.39 is 44.8 Å². The van der Waals surface area contributed by atoms with E-state index in [0.29, 0.717) is 25.7 Å². The lowest BCUT2D eigenvalue weighted by molar-refractivity contribution is -0.447. The summed E-state index contributed by atoms with van der Waals surface area (Å²) in [6, 6.07) is 0. The van der Waals surface area contributed by atoms with Crippen LogP contribution in [0.15, 0.2) is 0 Å². The maximum Gasteiger partial charge on any atom is 0.127 e. The van der Waals surface area contributed by atoms with Crippen LogP contribution in [0.1, 0.15) is 150 Å². The van der Waals surface area contributed by atoms with Crippen molar-refractivity contribution in [1.82, 2.24) is 0 Å². The summed E-state index contributed by atoms with van der Waals surface area (Å²) in [4.78, 5) is 57.3. The van der Waals surface area contributed by atoms with Crippen LogP contribution in [0, 0.1) is 0 Å². The third-order valence-electron chi connectivity index (χ3n) is 5.34. The standard InChI is InChI=1S/C32H66O10/c1-25(2,3)35-39-29(13,14)19-21-31(17,41-37-27(7,8)9)23-33-34-24-32(18,42-38-28(10,11)12)22-20-30(15,16)40-36-26(4,5)6/h19-24H2,1-18H3. The first-order valence-corrected chi connectivity index (χ1v) is 15.2. The van der Waals surface area contributed by atoms with Crippen molar-refractivity contribution in [1.29, 1.82) is 0 Å². The molecule has 0 bridgehead atoms. The molecule has 0 aromatic carbocycles. The summed E-state index contributed by atoms with van der Waals surface area (Å²) >= 11 is 0. The van der Waals surface area contributed by atoms with Gasteiger partial charge in [-0.25, -0.2) is 48.9 Å². The Morgan fingerprint density at radius 3 is 0.762 bits per heavy atom. The second-order valence-corrected chi connectivity index (χ2v) is 17.1. The minimum atomic E-state index is -0.838. The average Bonchev–Trinajstić information content (AvgIpc) is 2.78. The van der Waals surface area contributed by atoms with E-state index in [-0.39, 0.29) is 13.2 Å². The van der Waals surface area contributed by atoms with Crippen LogP contribution in [0.3, 0.4) is 0 Å². The minimum Gasteiger partial charge on any atom is -0.233 e. The van der Waals surface area contributed by atoms with Gasteiger partial charge in [0.1, 0.15) is 24.4 Å². The fraction of sp³-hybridized carbons (Fsp3) is 1.00. The van der Waals surface area contributed by atoms with Crippen molar-refractivity contribution >= 4 is 0 Å². The third-order valence-corrected chi connectivity index (χ3v) is 5.34. The molecule has 0 amide bonds. The summed E-state index contributed by atoms with van der Waals surface area (Å²) in [5, 5.41) is 0. The van der Waals surface area contributed by atoms with Crippen LogP contribution in [0.4, 0.5) is 0 Å². The molecule has 0 saturated heterocycles. The smallest absolute Gasteiger partial charge is 0.127 e. The Bertz CT molecular complexity index is 691. The molecule has 0 saturated carbocycles. The summed E-state index contributed by atoms with van der Waals surface area (Å²) in [7, 11) is 0. The molecule has 0 heterocycles. The van der Waals surface area contributed by atoms with Crippen LogP contribution in [0.2, 0.25) is 0 Å². The summed E-state index contributed by atoms with van der Waals surface area (Å²) in [6.07, 6.45) is 2.32. The molecular weight excluding hydrogens is 544 g/mol. The van der Waals surface area contributed by atoms with Gasteiger partial charge in [0.05, 0.1) is 33.6 Å². The normalized spacial score (nSPS) is 17.3. The Hall–Kier alpha value is -0.400. The first-order valence-electron chi connectivity index (χ1n) is 15.2. The summed E-state index contributed by atoms with van der Waals surface area (Å²) in [5.74, 6) is 0. The van der Waals surface area contributed by atoms with Gasteiger partial charge in [0, 0.05) is 0 Å². The lowest BCUT2D eigenvalue weighted by Crippen LogP contribution is -2.42. The van der Waals surface area contributed by atoms with Gasteiger partial charge in [0.15, 0.2) is 0 Å². The van der Waals surface area contributed by atoms with Gasteiger partial charge < -0.3 is 0 Å². The SMILES string of the molecule is CC(C)(C)OOC(C)(C)CCC(C)(COOCC(C)(CCC(C)(C)OOC(C)(C)C)OOC(C)(C)C)OOC(C)(C)C. The highest BCUT2D eigenvalue weighted by Gasteiger charge is 2.37. The molecule has 0 spiro atoms. The maximum absolute atomic E-state index is 5.92. The van der Waals surface area contributed by atoms with E-state index in [4.69, 9.17) is 48.9 Å². The first-order chi connectivity index (χ1) is 18.4. The second kappa shape index (κ2) is 15.7. The van der Waals surface area contributed by atoms with Crippen molar-refractivity contribution in [2.45, 2.75) is 195 Å². The summed E-state index contributed by atoms with van der Waals surface area (Å²) < 4.78 is 0. The predicted octanol–water partition coefficient (Wildman–Crippen LogP) is 8.56. The molecule has 2 atom stereocenters. The third kappa shape index (κ3) is 23.0. The van der Waals surface area contributed by atoms with Crippen molar-refractivity contribution in [3.8, 4) is 0 Å². The van der Waals surface area contributed by atoms with Crippen molar-refractivity contribution in [2.75, 3.05) is 13.2 Å². The van der Waals surface area contributed by atoms with Crippen molar-refractivity contribution in [3.63, 3.8) is 0 Å². The molecule has 0 aromatic rings. The van der Waals surface area contributed by atoms with Crippen molar-refractivity contribution < 1.29 is 48.9 Å². The molecular formula is C32H66O10. The molecule has 0 aromatic heterocycles. The molecule has 0 aliphatic heterocycles. The molecule has 0 radical (unpaired) electrons. The Balaban J connectivity index is 5.39. The first kappa shape index (κ1) is 41.6. The molecule has 0 aliphatic rings. The average molecular weight is 611 g/mol. The number of hydrogen-bond acceptors (Lipinski definition) is 10. The van der Waals surface area contributed by atoms with Gasteiger partial charge in [-0.3, -0.25) is 0 Å². The van der Waals surface area contributed by atoms with Crippen molar-refractivity contribution in [2.24, 2.45) is 0 Å². The molecule has 42 heavy (non-hydrogen) atoms. The van der Waals surface area contributed by atoms with Gasteiger partial charge in [-0.2, -0.15) is 0 Å². The number of rotatable bonds is 19. The molecule has 2 unspecified atom stereocenters. The van der Waals surface area contributed by atoms with Crippen LogP contribution in [0.25, 0.3) is 0 Å². The Morgan fingerprint density at radius 2 is 0.524 bits per heavy atom. The van der Waals surface area contributed by atoms with E-state index >= 15 is 0 Å². The Morgan fingerprint density at radius 1 is 0.286 bits per heavy atom. The highest BCUT2D eigenvalue weighted by Crippen LogP contribution is 2.31. The zero-order valence-corrected chi connectivity index (χ0v) is 30.3. The second-order valence-electron chi connectivity index (χ2n) is 17.1. The van der Waals surface area contributed by atoms with Gasteiger partial charge in [0.25, 0.3) is 0 Å². The molecule has 10 nitrogen and oxygen atoms in total. The molecule has 0 rings (SSSR count). The monoisotopic (exact) mass is 610 g/mol. The zero-order chi connectivity index (χ0) is 33.3. The predicted molar refractivity (Wildman–Crippen MR) is 163 cm³/mol. The fourth-order valence-corrected chi connectivity index (χ4v) is 2.75. The Labute approximate surface area is 257 Å². The zero-order valence-electron chi connectivity index (χ0n) is 30.3. The molecule has 0 fully saturated rings. The quantitative estimate of drug-likeness (QED) is 0.0804. The summed E-state index contributed by atoms with van der Waals surface area (Å²) in [5.41, 5.74) is -4.67. The number of hydrogen-bond donors (Lipinski definition) is 0. The molecule has 0 N–H and O–H groups in total. The van der Waals surface area contributed by atoms with Gasteiger partial charge in [-0.1, -0.05) is 0 Å². The summed E-state index contributed by atoms with van der Waals surface area (Å²) in [6.45, 7) is 35.1. The molecule has 10 heteroatoms. The van der Waals surface area contributed by atoms with E-state index in [1.54, 1.807) is 0 Å². The minimum absolute atomic E-state index is 0.101. The van der Waals surface area contributed by atoms with E-state index in [1.165, 1.54) is 0 Å². The molecule has 0 aliphatic carbocycles. The van der Waals surface area contributed by atoms with E-state index in [1.807, 2.05) is 125 Å². The highest BCUT2D eigenvalue weighted by molar-refractivity contribution is 4.81. The highest BCUT2D eigenvalue weighted by atomic mass is 17.2. The van der Waals surface area contributed by atoms with Crippen LogP contribution in [0.5, 0.6) is 0 Å². The van der Waals surface area contributed by atoms with Gasteiger partial charge in [0.2, 0.25) is 0 Å². The van der Waals surface area contributed by atoms with E-state index in [2.05, 4.69) is 0 Å². The largest absolute Gasteiger partial charge is 0.233 e. The fourth-order valence-electron chi connectivity index (χ4n) is 2.75. The van der Waals surface area contributed by atoms with Gasteiger partial charge in [-0.15, -0.1) is 0 Å². The van der Waals surface area contributed by atoms with Gasteiger partial charge in [-0.05, 0) is 150 Å². The van der Waals surface area contributed by atoms with Crippen molar-refractivity contribution in [3.05, 3.63) is 0 Å². The van der Waals surface area contributed by atoms with Crippen LogP contribution in [-0.4, -0.2) is 58.0 Å². The Kier molecular flexibility index (Phi) is 15.6. The van der Waals surface area contributed by atoms with Crippen LogP contribution in [-0.2, 0) is 48.9 Å². The van der Waals surface area contributed by atoms with Gasteiger partial charge >= 0.3 is 0 Å². The topological polar surface area (TPSA) is 92.3 Å². The van der Waals surface area contributed by atoms with Crippen LogP contribution < -0.4 is 0 Å². The molecule has 254 valence electrons. The maximum atomic E-state index is 5.92. The lowest BCUT2D eigenvalue weighted by Gasteiger charge is -2.36.